The molecular formula is C15H17N2O4P. The monoisotopic (exact) mass is 320 g/mol. The normalized spacial score (nSPS) is 11.2. The Bertz CT molecular complexity index is 658. The average Bonchev–Trinajstić information content (AvgIpc) is 2.51. The van der Waals surface area contributed by atoms with Crippen molar-refractivity contribution in [3.05, 3.63) is 60.3 Å². The van der Waals surface area contributed by atoms with Gasteiger partial charge in [0.15, 0.2) is 0 Å². The Morgan fingerprint density at radius 1 is 1.09 bits per heavy atom. The van der Waals surface area contributed by atoms with E-state index in [1.807, 2.05) is 30.3 Å². The van der Waals surface area contributed by atoms with Gasteiger partial charge in [0.2, 0.25) is 5.91 Å². The van der Waals surface area contributed by atoms with Gasteiger partial charge in [0.1, 0.15) is 5.82 Å². The number of aromatic nitrogens is 1. The van der Waals surface area contributed by atoms with Crippen molar-refractivity contribution in [2.24, 2.45) is 0 Å². The van der Waals surface area contributed by atoms with E-state index < -0.39 is 13.8 Å². The minimum atomic E-state index is -4.20. The van der Waals surface area contributed by atoms with Crippen molar-refractivity contribution in [2.45, 2.75) is 13.0 Å². The summed E-state index contributed by atoms with van der Waals surface area (Å²) in [6, 6.07) is 14.6. The highest BCUT2D eigenvalue weighted by molar-refractivity contribution is 7.51. The van der Waals surface area contributed by atoms with Gasteiger partial charge in [-0.1, -0.05) is 36.4 Å². The molecule has 0 spiro atoms. The standard InChI is InChI=1S/C15H17N2O4P/c18-15(9-11-22(19,20)21)17(14-8-4-5-10-16-14)12-13-6-2-1-3-7-13/h1-8,10H,9,11-12H2,(H2,19,20,21). The van der Waals surface area contributed by atoms with Crippen LogP contribution < -0.4 is 4.90 Å². The summed E-state index contributed by atoms with van der Waals surface area (Å²) in [5.41, 5.74) is 0.915. The molecule has 22 heavy (non-hydrogen) atoms. The Hall–Kier alpha value is -2.01. The fourth-order valence-corrected chi connectivity index (χ4v) is 2.44. The predicted molar refractivity (Wildman–Crippen MR) is 83.4 cm³/mol. The first-order valence-electron chi connectivity index (χ1n) is 6.75. The minimum absolute atomic E-state index is 0.228. The summed E-state index contributed by atoms with van der Waals surface area (Å²) in [6.45, 7) is 0.303. The van der Waals surface area contributed by atoms with Crippen LogP contribution in [0.2, 0.25) is 0 Å². The van der Waals surface area contributed by atoms with E-state index in [1.165, 1.54) is 4.90 Å². The van der Waals surface area contributed by atoms with Crippen molar-refractivity contribution in [3.63, 3.8) is 0 Å². The molecule has 0 aliphatic rings. The molecule has 7 heteroatoms. The number of pyridine rings is 1. The highest BCUT2D eigenvalue weighted by atomic mass is 31.2. The highest BCUT2D eigenvalue weighted by Gasteiger charge is 2.21. The summed E-state index contributed by atoms with van der Waals surface area (Å²) in [4.78, 5) is 35.8. The Balaban J connectivity index is 2.18. The SMILES string of the molecule is O=C(CCP(=O)(O)O)N(Cc1ccccc1)c1ccccn1. The number of anilines is 1. The number of carbonyl (C=O) groups is 1. The molecule has 0 saturated heterocycles. The largest absolute Gasteiger partial charge is 0.326 e. The molecule has 0 aliphatic carbocycles. The second-order valence-corrected chi connectivity index (χ2v) is 6.57. The van der Waals surface area contributed by atoms with Crippen LogP contribution in [0.5, 0.6) is 0 Å². The van der Waals surface area contributed by atoms with Crippen molar-refractivity contribution in [2.75, 3.05) is 11.1 Å². The van der Waals surface area contributed by atoms with Gasteiger partial charge in [-0.05, 0) is 17.7 Å². The third-order valence-electron chi connectivity index (χ3n) is 3.03. The van der Waals surface area contributed by atoms with Crippen molar-refractivity contribution in [3.8, 4) is 0 Å². The maximum Gasteiger partial charge on any atom is 0.326 e. The van der Waals surface area contributed by atoms with Crippen molar-refractivity contribution in [1.82, 2.24) is 4.98 Å². The molecule has 2 rings (SSSR count). The molecule has 1 amide bonds. The molecular weight excluding hydrogens is 303 g/mol. The van der Waals surface area contributed by atoms with E-state index in [0.717, 1.165) is 5.56 Å². The minimum Gasteiger partial charge on any atom is -0.324 e. The molecule has 0 radical (unpaired) electrons. The van der Waals surface area contributed by atoms with E-state index in [4.69, 9.17) is 9.79 Å². The van der Waals surface area contributed by atoms with Gasteiger partial charge in [0, 0.05) is 12.6 Å². The summed E-state index contributed by atoms with van der Waals surface area (Å²) in [7, 11) is -4.20. The topological polar surface area (TPSA) is 90.7 Å². The molecule has 0 saturated carbocycles. The first-order chi connectivity index (χ1) is 10.5. The number of hydrogen-bond acceptors (Lipinski definition) is 3. The van der Waals surface area contributed by atoms with Crippen LogP contribution in [0, 0.1) is 0 Å². The summed E-state index contributed by atoms with van der Waals surface area (Å²) in [5.74, 6) is 0.0907. The molecule has 1 heterocycles. The number of carbonyl (C=O) groups excluding carboxylic acids is 1. The molecule has 0 aliphatic heterocycles. The molecule has 1 aromatic heterocycles. The van der Waals surface area contributed by atoms with Crippen molar-refractivity contribution >= 4 is 19.3 Å². The van der Waals surface area contributed by atoms with Gasteiger partial charge >= 0.3 is 7.60 Å². The molecule has 2 aromatic rings. The van der Waals surface area contributed by atoms with Gasteiger partial charge in [-0.25, -0.2) is 4.98 Å². The lowest BCUT2D eigenvalue weighted by Crippen LogP contribution is -2.31. The van der Waals surface area contributed by atoms with Gasteiger partial charge in [-0.15, -0.1) is 0 Å². The smallest absolute Gasteiger partial charge is 0.324 e. The Morgan fingerprint density at radius 3 is 2.36 bits per heavy atom. The van der Waals surface area contributed by atoms with Gasteiger partial charge in [0.05, 0.1) is 12.7 Å². The van der Waals surface area contributed by atoms with Gasteiger partial charge in [-0.3, -0.25) is 14.3 Å². The lowest BCUT2D eigenvalue weighted by molar-refractivity contribution is -0.118. The number of rotatable bonds is 6. The third-order valence-corrected chi connectivity index (χ3v) is 3.83. The molecule has 0 unspecified atom stereocenters. The average molecular weight is 320 g/mol. The fourth-order valence-electron chi connectivity index (χ4n) is 1.95. The van der Waals surface area contributed by atoms with Crippen LogP contribution in [0.15, 0.2) is 54.7 Å². The molecule has 0 bridgehead atoms. The summed E-state index contributed by atoms with van der Waals surface area (Å²) < 4.78 is 11.0. The lowest BCUT2D eigenvalue weighted by Gasteiger charge is -2.22. The van der Waals surface area contributed by atoms with Gasteiger partial charge < -0.3 is 9.79 Å². The molecule has 0 atom stereocenters. The Labute approximate surface area is 128 Å². The second kappa shape index (κ2) is 7.31. The van der Waals surface area contributed by atoms with Crippen molar-refractivity contribution in [1.29, 1.82) is 0 Å². The number of benzene rings is 1. The van der Waals surface area contributed by atoms with Crippen molar-refractivity contribution < 1.29 is 19.1 Å². The molecule has 2 N–H and O–H groups in total. The lowest BCUT2D eigenvalue weighted by atomic mass is 10.2. The van der Waals surface area contributed by atoms with Crippen LogP contribution in [0.4, 0.5) is 5.82 Å². The summed E-state index contributed by atoms with van der Waals surface area (Å²) in [5, 5.41) is 0. The number of amides is 1. The Morgan fingerprint density at radius 2 is 1.77 bits per heavy atom. The maximum atomic E-state index is 12.3. The fraction of sp³-hybridized carbons (Fsp3) is 0.200. The van der Waals surface area contributed by atoms with E-state index in [0.29, 0.717) is 12.4 Å². The highest BCUT2D eigenvalue weighted by Crippen LogP contribution is 2.35. The molecule has 0 fully saturated rings. The first kappa shape index (κ1) is 16.4. The first-order valence-corrected chi connectivity index (χ1v) is 8.55. The predicted octanol–water partition coefficient (Wildman–Crippen LogP) is 2.18. The van der Waals surface area contributed by atoms with E-state index >= 15 is 0 Å². The molecule has 116 valence electrons. The quantitative estimate of drug-likeness (QED) is 0.796. The van der Waals surface area contributed by atoms with E-state index in [9.17, 15) is 9.36 Å². The summed E-state index contributed by atoms with van der Waals surface area (Å²) in [6.07, 6.45) is 0.876. The van der Waals surface area contributed by atoms with E-state index in [2.05, 4.69) is 4.98 Å². The van der Waals surface area contributed by atoms with Crippen LogP contribution >= 0.6 is 7.60 Å². The van der Waals surface area contributed by atoms with Crippen LogP contribution in [0.1, 0.15) is 12.0 Å². The maximum absolute atomic E-state index is 12.3. The zero-order valence-corrected chi connectivity index (χ0v) is 12.8. The zero-order valence-electron chi connectivity index (χ0n) is 11.9. The summed E-state index contributed by atoms with van der Waals surface area (Å²) >= 11 is 0. The van der Waals surface area contributed by atoms with Gasteiger partial charge in [0.25, 0.3) is 0 Å². The van der Waals surface area contributed by atoms with Crippen LogP contribution in [0.25, 0.3) is 0 Å². The Kier molecular flexibility index (Phi) is 5.44. The number of nitrogens with zero attached hydrogens (tertiary/aromatic N) is 2. The van der Waals surface area contributed by atoms with Crippen LogP contribution in [-0.2, 0) is 15.9 Å². The third kappa shape index (κ3) is 5.07. The zero-order chi connectivity index (χ0) is 16.0. The van der Waals surface area contributed by atoms with Crippen LogP contribution in [0.3, 0.4) is 0 Å². The van der Waals surface area contributed by atoms with E-state index in [1.54, 1.807) is 24.4 Å². The molecule has 6 nitrogen and oxygen atoms in total. The van der Waals surface area contributed by atoms with Gasteiger partial charge in [-0.2, -0.15) is 0 Å². The van der Waals surface area contributed by atoms with Crippen LogP contribution in [-0.4, -0.2) is 26.8 Å². The second-order valence-electron chi connectivity index (χ2n) is 4.79. The van der Waals surface area contributed by atoms with E-state index in [-0.39, 0.29) is 12.3 Å². The molecule has 1 aromatic carbocycles. The number of hydrogen-bond donors (Lipinski definition) is 2.